The Labute approximate surface area is 128 Å². The van der Waals surface area contributed by atoms with Crippen molar-refractivity contribution in [1.29, 1.82) is 0 Å². The van der Waals surface area contributed by atoms with E-state index in [1.807, 2.05) is 11.0 Å². The average molecular weight is 300 g/mol. The van der Waals surface area contributed by atoms with Crippen LogP contribution in [-0.2, 0) is 11.3 Å². The van der Waals surface area contributed by atoms with Crippen molar-refractivity contribution in [3.05, 3.63) is 34.6 Å². The molecule has 1 aliphatic rings. The minimum Gasteiger partial charge on any atom is -0.341 e. The second-order valence-corrected chi connectivity index (χ2v) is 5.72. The number of nitrogens with zero attached hydrogens (tertiary/aromatic N) is 4. The molecule has 116 valence electrons. The van der Waals surface area contributed by atoms with Crippen LogP contribution in [0.3, 0.4) is 0 Å². The number of hydrogen-bond donors (Lipinski definition) is 0. The molecule has 0 atom stereocenters. The van der Waals surface area contributed by atoms with Gasteiger partial charge in [-0.3, -0.25) is 9.59 Å². The van der Waals surface area contributed by atoms with Gasteiger partial charge in [0.25, 0.3) is 5.56 Å². The van der Waals surface area contributed by atoms with Crippen molar-refractivity contribution >= 4 is 16.8 Å². The van der Waals surface area contributed by atoms with E-state index in [0.29, 0.717) is 10.9 Å². The Morgan fingerprint density at radius 2 is 1.73 bits per heavy atom. The largest absolute Gasteiger partial charge is 0.341 e. The maximum Gasteiger partial charge on any atom is 0.278 e. The summed E-state index contributed by atoms with van der Waals surface area (Å²) in [4.78, 5) is 26.6. The number of fused-ring (bicyclic) bond motifs is 1. The van der Waals surface area contributed by atoms with Gasteiger partial charge in [-0.2, -0.15) is 0 Å². The van der Waals surface area contributed by atoms with E-state index in [1.54, 1.807) is 18.2 Å². The number of likely N-dealkylation sites (tertiary alicyclic amines) is 1. The Balaban J connectivity index is 1.78. The summed E-state index contributed by atoms with van der Waals surface area (Å²) in [5.41, 5.74) is 0.299. The molecule has 1 saturated heterocycles. The van der Waals surface area contributed by atoms with Gasteiger partial charge in [-0.05, 0) is 25.0 Å². The third-order valence-corrected chi connectivity index (χ3v) is 4.12. The first-order valence-corrected chi connectivity index (χ1v) is 7.86. The zero-order valence-electron chi connectivity index (χ0n) is 12.6. The van der Waals surface area contributed by atoms with Gasteiger partial charge < -0.3 is 4.90 Å². The molecular weight excluding hydrogens is 280 g/mol. The van der Waals surface area contributed by atoms with Crippen molar-refractivity contribution in [1.82, 2.24) is 19.9 Å². The number of aromatic nitrogens is 3. The van der Waals surface area contributed by atoms with Crippen LogP contribution in [0.1, 0.15) is 32.1 Å². The molecule has 1 fully saturated rings. The molecule has 0 radical (unpaired) electrons. The molecule has 0 unspecified atom stereocenters. The minimum atomic E-state index is -0.258. The molecule has 1 aromatic heterocycles. The molecule has 0 bridgehead atoms. The molecule has 0 saturated carbocycles. The zero-order chi connectivity index (χ0) is 15.4. The Morgan fingerprint density at radius 1 is 1.05 bits per heavy atom. The van der Waals surface area contributed by atoms with E-state index in [2.05, 4.69) is 10.3 Å². The van der Waals surface area contributed by atoms with Crippen molar-refractivity contribution < 1.29 is 4.79 Å². The SMILES string of the molecule is O=C(Cn1nnc2ccccc2c1=O)N1CCCCCCC1. The number of rotatable bonds is 2. The molecule has 1 aromatic carbocycles. The van der Waals surface area contributed by atoms with Crippen molar-refractivity contribution in [2.24, 2.45) is 0 Å². The molecule has 0 N–H and O–H groups in total. The van der Waals surface area contributed by atoms with Crippen LogP contribution < -0.4 is 5.56 Å². The number of carbonyl (C=O) groups excluding carboxylic acids is 1. The molecule has 3 rings (SSSR count). The van der Waals surface area contributed by atoms with Crippen molar-refractivity contribution in [3.63, 3.8) is 0 Å². The summed E-state index contributed by atoms with van der Waals surface area (Å²) in [5.74, 6) is -0.0476. The van der Waals surface area contributed by atoms with Crippen molar-refractivity contribution in [3.8, 4) is 0 Å². The lowest BCUT2D eigenvalue weighted by molar-refractivity contribution is -0.132. The van der Waals surface area contributed by atoms with E-state index in [-0.39, 0.29) is 18.0 Å². The minimum absolute atomic E-state index is 0.0311. The molecule has 6 heteroatoms. The number of carbonyl (C=O) groups is 1. The first kappa shape index (κ1) is 14.7. The lowest BCUT2D eigenvalue weighted by atomic mass is 10.1. The second kappa shape index (κ2) is 6.68. The third-order valence-electron chi connectivity index (χ3n) is 4.12. The molecule has 22 heavy (non-hydrogen) atoms. The fourth-order valence-corrected chi connectivity index (χ4v) is 2.85. The van der Waals surface area contributed by atoms with Gasteiger partial charge in [0.2, 0.25) is 5.91 Å². The maximum absolute atomic E-state index is 12.4. The molecule has 2 aromatic rings. The van der Waals surface area contributed by atoms with Crippen LogP contribution in [0.25, 0.3) is 10.9 Å². The Morgan fingerprint density at radius 3 is 2.50 bits per heavy atom. The molecular formula is C16H20N4O2. The maximum atomic E-state index is 12.4. The Kier molecular flexibility index (Phi) is 4.46. The summed E-state index contributed by atoms with van der Waals surface area (Å²) in [6.45, 7) is 1.51. The van der Waals surface area contributed by atoms with Gasteiger partial charge in [0.15, 0.2) is 0 Å². The second-order valence-electron chi connectivity index (χ2n) is 5.72. The van der Waals surface area contributed by atoms with Crippen LogP contribution >= 0.6 is 0 Å². The van der Waals surface area contributed by atoms with E-state index in [4.69, 9.17) is 0 Å². The summed E-state index contributed by atoms with van der Waals surface area (Å²) < 4.78 is 1.17. The molecule has 1 amide bonds. The zero-order valence-corrected chi connectivity index (χ0v) is 12.6. The fourth-order valence-electron chi connectivity index (χ4n) is 2.85. The van der Waals surface area contributed by atoms with Gasteiger partial charge in [-0.15, -0.1) is 5.10 Å². The van der Waals surface area contributed by atoms with Gasteiger partial charge in [0.1, 0.15) is 12.1 Å². The topological polar surface area (TPSA) is 68.1 Å². The Bertz CT molecular complexity index is 717. The summed E-state index contributed by atoms with van der Waals surface area (Å²) in [5, 5.41) is 8.40. The number of hydrogen-bond acceptors (Lipinski definition) is 4. The quantitative estimate of drug-likeness (QED) is 0.844. The van der Waals surface area contributed by atoms with E-state index >= 15 is 0 Å². The highest BCUT2D eigenvalue weighted by atomic mass is 16.2. The van der Waals surface area contributed by atoms with E-state index in [9.17, 15) is 9.59 Å². The third kappa shape index (κ3) is 3.16. The summed E-state index contributed by atoms with van der Waals surface area (Å²) >= 11 is 0. The Hall–Kier alpha value is -2.24. The predicted octanol–water partition coefficient (Wildman–Crippen LogP) is 1.58. The molecule has 0 spiro atoms. The normalized spacial score (nSPS) is 16.3. The summed E-state index contributed by atoms with van der Waals surface area (Å²) in [6.07, 6.45) is 5.64. The molecule has 6 nitrogen and oxygen atoms in total. The highest BCUT2D eigenvalue weighted by molar-refractivity contribution is 5.78. The monoisotopic (exact) mass is 300 g/mol. The van der Waals surface area contributed by atoms with Gasteiger partial charge in [-0.1, -0.05) is 36.6 Å². The molecule has 0 aliphatic carbocycles. The van der Waals surface area contributed by atoms with Gasteiger partial charge in [0.05, 0.1) is 5.39 Å². The van der Waals surface area contributed by atoms with E-state index < -0.39 is 0 Å². The first-order valence-electron chi connectivity index (χ1n) is 7.86. The first-order chi connectivity index (χ1) is 10.8. The van der Waals surface area contributed by atoms with Gasteiger partial charge in [-0.25, -0.2) is 4.68 Å². The summed E-state index contributed by atoms with van der Waals surface area (Å²) in [6, 6.07) is 7.06. The van der Waals surface area contributed by atoms with Crippen LogP contribution in [0.4, 0.5) is 0 Å². The van der Waals surface area contributed by atoms with Crippen LogP contribution in [0.2, 0.25) is 0 Å². The van der Waals surface area contributed by atoms with E-state index in [1.165, 1.54) is 23.9 Å². The van der Waals surface area contributed by atoms with Crippen molar-refractivity contribution in [2.75, 3.05) is 13.1 Å². The lowest BCUT2D eigenvalue weighted by Gasteiger charge is -2.24. The average Bonchev–Trinajstić information content (AvgIpc) is 2.50. The number of benzene rings is 1. The number of amides is 1. The van der Waals surface area contributed by atoms with Crippen LogP contribution in [0.15, 0.2) is 29.1 Å². The highest BCUT2D eigenvalue weighted by Gasteiger charge is 2.17. The molecule has 2 heterocycles. The lowest BCUT2D eigenvalue weighted by Crippen LogP contribution is -2.39. The van der Waals surface area contributed by atoms with E-state index in [0.717, 1.165) is 25.9 Å². The van der Waals surface area contributed by atoms with Gasteiger partial charge in [0, 0.05) is 13.1 Å². The van der Waals surface area contributed by atoms with Gasteiger partial charge >= 0.3 is 0 Å². The standard InChI is InChI=1S/C16H20N4O2/c21-15(19-10-6-2-1-3-7-11-19)12-20-16(22)13-8-4-5-9-14(13)17-18-20/h4-5,8-9H,1-3,6-7,10-12H2. The van der Waals surface area contributed by atoms with Crippen LogP contribution in [-0.4, -0.2) is 38.9 Å². The smallest absolute Gasteiger partial charge is 0.278 e. The highest BCUT2D eigenvalue weighted by Crippen LogP contribution is 2.11. The summed E-state index contributed by atoms with van der Waals surface area (Å²) in [7, 11) is 0. The van der Waals surface area contributed by atoms with Crippen molar-refractivity contribution in [2.45, 2.75) is 38.6 Å². The predicted molar refractivity (Wildman–Crippen MR) is 83.5 cm³/mol. The van der Waals surface area contributed by atoms with Crippen LogP contribution in [0, 0.1) is 0 Å². The molecule has 1 aliphatic heterocycles. The van der Waals surface area contributed by atoms with Crippen LogP contribution in [0.5, 0.6) is 0 Å². The fraction of sp³-hybridized carbons (Fsp3) is 0.500.